The molecule has 0 unspecified atom stereocenters. The van der Waals surface area contributed by atoms with Gasteiger partial charge in [-0.1, -0.05) is 0 Å². The van der Waals surface area contributed by atoms with E-state index in [4.69, 9.17) is 9.15 Å². The molecule has 3 aromatic rings. The van der Waals surface area contributed by atoms with Crippen LogP contribution in [0.25, 0.3) is 11.0 Å². The number of nitrogens with one attached hydrogen (secondary N) is 1. The summed E-state index contributed by atoms with van der Waals surface area (Å²) < 4.78 is 38.6. The molecule has 0 atom stereocenters. The highest BCUT2D eigenvalue weighted by molar-refractivity contribution is 14.1. The van der Waals surface area contributed by atoms with E-state index in [1.165, 1.54) is 31.4 Å². The molecule has 0 aliphatic rings. The molecule has 0 aliphatic heterocycles. The lowest BCUT2D eigenvalue weighted by Crippen LogP contribution is -2.13. The maximum Gasteiger partial charge on any atom is 0.336 e. The lowest BCUT2D eigenvalue weighted by molar-refractivity contribution is 0.185. The van der Waals surface area contributed by atoms with Crippen molar-refractivity contribution in [2.24, 2.45) is 0 Å². The van der Waals surface area contributed by atoms with E-state index in [1.807, 2.05) is 0 Å². The fourth-order valence-corrected chi connectivity index (χ4v) is 3.81. The second kappa shape index (κ2) is 7.14. The van der Waals surface area contributed by atoms with Crippen LogP contribution in [0.2, 0.25) is 0 Å². The van der Waals surface area contributed by atoms with Gasteiger partial charge in [0.25, 0.3) is 10.0 Å². The van der Waals surface area contributed by atoms with Crippen molar-refractivity contribution < 1.29 is 17.6 Å². The van der Waals surface area contributed by atoms with Crippen LogP contribution in [0.5, 0.6) is 0 Å². The standard InChI is InChI=1S/C17H14INO5S/c1-23-10-11-8-17(20)24-16-9-13(4-7-15(11)16)19-25(21,22)14-5-2-12(18)3-6-14/h2-9,19H,10H2,1H3. The summed E-state index contributed by atoms with van der Waals surface area (Å²) in [5.41, 5.74) is 0.768. The molecule has 2 aromatic carbocycles. The van der Waals surface area contributed by atoms with Gasteiger partial charge < -0.3 is 9.15 Å². The zero-order valence-corrected chi connectivity index (χ0v) is 16.1. The minimum Gasteiger partial charge on any atom is -0.423 e. The maximum absolute atomic E-state index is 12.5. The highest BCUT2D eigenvalue weighted by Gasteiger charge is 2.15. The largest absolute Gasteiger partial charge is 0.423 e. The van der Waals surface area contributed by atoms with Gasteiger partial charge in [0.05, 0.1) is 17.2 Å². The Morgan fingerprint density at radius 2 is 1.84 bits per heavy atom. The van der Waals surface area contributed by atoms with Gasteiger partial charge in [0, 0.05) is 28.2 Å². The van der Waals surface area contributed by atoms with Gasteiger partial charge in [0.2, 0.25) is 0 Å². The van der Waals surface area contributed by atoms with Crippen molar-refractivity contribution in [1.82, 2.24) is 0 Å². The van der Waals surface area contributed by atoms with Gasteiger partial charge in [0.15, 0.2) is 0 Å². The van der Waals surface area contributed by atoms with Crippen LogP contribution in [-0.2, 0) is 21.4 Å². The number of rotatable bonds is 5. The Balaban J connectivity index is 1.99. The van der Waals surface area contributed by atoms with Crippen LogP contribution < -0.4 is 10.3 Å². The molecule has 0 bridgehead atoms. The molecular formula is C17H14INO5S. The van der Waals surface area contributed by atoms with Crippen molar-refractivity contribution in [2.45, 2.75) is 11.5 Å². The number of ether oxygens (including phenoxy) is 1. The number of anilines is 1. The lowest BCUT2D eigenvalue weighted by Gasteiger charge is -2.10. The van der Waals surface area contributed by atoms with Crippen LogP contribution in [0.4, 0.5) is 5.69 Å². The molecule has 1 N–H and O–H groups in total. The van der Waals surface area contributed by atoms with Gasteiger partial charge in [-0.25, -0.2) is 13.2 Å². The number of benzene rings is 2. The third kappa shape index (κ3) is 4.02. The molecule has 0 fully saturated rings. The Morgan fingerprint density at radius 3 is 2.52 bits per heavy atom. The smallest absolute Gasteiger partial charge is 0.336 e. The third-order valence-corrected chi connectivity index (χ3v) is 5.62. The van der Waals surface area contributed by atoms with Gasteiger partial charge >= 0.3 is 5.63 Å². The summed E-state index contributed by atoms with van der Waals surface area (Å²) in [6.07, 6.45) is 0. The van der Waals surface area contributed by atoms with Gasteiger partial charge in [-0.15, -0.1) is 0 Å². The quantitative estimate of drug-likeness (QED) is 0.456. The molecule has 0 radical (unpaired) electrons. The van der Waals surface area contributed by atoms with E-state index in [-0.39, 0.29) is 11.5 Å². The molecule has 1 heterocycles. The third-order valence-electron chi connectivity index (χ3n) is 3.51. The molecule has 8 heteroatoms. The summed E-state index contributed by atoms with van der Waals surface area (Å²) >= 11 is 2.10. The topological polar surface area (TPSA) is 85.6 Å². The van der Waals surface area contributed by atoms with Crippen LogP contribution in [0.1, 0.15) is 5.56 Å². The van der Waals surface area contributed by atoms with Gasteiger partial charge in [0.1, 0.15) is 5.58 Å². The molecule has 0 aliphatic carbocycles. The average molecular weight is 471 g/mol. The summed E-state index contributed by atoms with van der Waals surface area (Å²) in [7, 11) is -2.20. The van der Waals surface area contributed by atoms with Crippen molar-refractivity contribution in [3.05, 3.63) is 68.1 Å². The molecule has 130 valence electrons. The molecule has 3 rings (SSSR count). The van der Waals surface area contributed by atoms with E-state index in [0.717, 1.165) is 3.57 Å². The molecule has 1 aromatic heterocycles. The van der Waals surface area contributed by atoms with E-state index in [1.54, 1.807) is 24.3 Å². The van der Waals surface area contributed by atoms with Crippen LogP contribution in [-0.4, -0.2) is 15.5 Å². The molecule has 6 nitrogen and oxygen atoms in total. The first kappa shape index (κ1) is 17.9. The summed E-state index contributed by atoms with van der Waals surface area (Å²) in [6, 6.07) is 12.6. The number of fused-ring (bicyclic) bond motifs is 1. The summed E-state index contributed by atoms with van der Waals surface area (Å²) in [5, 5.41) is 0.693. The minimum absolute atomic E-state index is 0.155. The van der Waals surface area contributed by atoms with Gasteiger partial charge in [-0.3, -0.25) is 4.72 Å². The maximum atomic E-state index is 12.5. The summed E-state index contributed by atoms with van der Waals surface area (Å²) in [6.45, 7) is 0.260. The highest BCUT2D eigenvalue weighted by Crippen LogP contribution is 2.24. The predicted octanol–water partition coefficient (Wildman–Crippen LogP) is 3.34. The number of sulfonamides is 1. The number of hydrogen-bond donors (Lipinski definition) is 1. The summed E-state index contributed by atoms with van der Waals surface area (Å²) in [4.78, 5) is 11.8. The van der Waals surface area contributed by atoms with E-state index in [2.05, 4.69) is 27.3 Å². The Bertz CT molecular complexity index is 1070. The zero-order chi connectivity index (χ0) is 18.0. The van der Waals surface area contributed by atoms with Crippen molar-refractivity contribution in [2.75, 3.05) is 11.8 Å². The number of halogens is 1. The lowest BCUT2D eigenvalue weighted by atomic mass is 10.1. The Kier molecular flexibility index (Phi) is 5.11. The first-order valence-electron chi connectivity index (χ1n) is 7.23. The van der Waals surface area contributed by atoms with Crippen molar-refractivity contribution in [3.8, 4) is 0 Å². The first-order valence-corrected chi connectivity index (χ1v) is 9.79. The first-order chi connectivity index (χ1) is 11.9. The molecule has 0 amide bonds. The fourth-order valence-electron chi connectivity index (χ4n) is 2.40. The average Bonchev–Trinajstić information content (AvgIpc) is 2.54. The molecule has 0 spiro atoms. The van der Waals surface area contributed by atoms with Crippen LogP contribution in [0.15, 0.2) is 62.6 Å². The second-order valence-corrected chi connectivity index (χ2v) is 8.22. The predicted molar refractivity (Wildman–Crippen MR) is 103 cm³/mol. The summed E-state index contributed by atoms with van der Waals surface area (Å²) in [5.74, 6) is 0. The number of methoxy groups -OCH3 is 1. The molecule has 25 heavy (non-hydrogen) atoms. The SMILES string of the molecule is COCc1cc(=O)oc2cc(NS(=O)(=O)c3ccc(I)cc3)ccc12. The second-order valence-electron chi connectivity index (χ2n) is 5.29. The van der Waals surface area contributed by atoms with E-state index >= 15 is 0 Å². The molecule has 0 saturated carbocycles. The zero-order valence-electron chi connectivity index (χ0n) is 13.2. The number of hydrogen-bond acceptors (Lipinski definition) is 5. The Labute approximate surface area is 158 Å². The fraction of sp³-hybridized carbons (Fsp3) is 0.118. The minimum atomic E-state index is -3.73. The van der Waals surface area contributed by atoms with E-state index in [9.17, 15) is 13.2 Å². The van der Waals surface area contributed by atoms with Gasteiger partial charge in [-0.05, 0) is 64.6 Å². The van der Waals surface area contributed by atoms with Crippen LogP contribution >= 0.6 is 22.6 Å². The monoisotopic (exact) mass is 471 g/mol. The highest BCUT2D eigenvalue weighted by atomic mass is 127. The van der Waals surface area contributed by atoms with Gasteiger partial charge in [-0.2, -0.15) is 0 Å². The van der Waals surface area contributed by atoms with Crippen molar-refractivity contribution in [3.63, 3.8) is 0 Å². The van der Waals surface area contributed by atoms with Crippen molar-refractivity contribution >= 4 is 49.3 Å². The normalized spacial score (nSPS) is 11.6. The molecular weight excluding hydrogens is 457 g/mol. The van der Waals surface area contributed by atoms with Crippen molar-refractivity contribution in [1.29, 1.82) is 0 Å². The van der Waals surface area contributed by atoms with E-state index < -0.39 is 15.6 Å². The van der Waals surface area contributed by atoms with Crippen LogP contribution in [0.3, 0.4) is 0 Å². The Morgan fingerprint density at radius 1 is 1.12 bits per heavy atom. The Hall–Kier alpha value is -1.91. The molecule has 0 saturated heterocycles. The van der Waals surface area contributed by atoms with E-state index in [0.29, 0.717) is 22.2 Å². The van der Waals surface area contributed by atoms with Crippen LogP contribution in [0, 0.1) is 3.57 Å².